The van der Waals surface area contributed by atoms with E-state index < -0.39 is 0 Å². The first-order chi connectivity index (χ1) is 4.86. The molecule has 11 heavy (non-hydrogen) atoms. The van der Waals surface area contributed by atoms with E-state index in [-0.39, 0.29) is 15.9 Å². The molecular formula is C8H14O2S. The fourth-order valence-corrected chi connectivity index (χ4v) is 2.24. The van der Waals surface area contributed by atoms with Crippen molar-refractivity contribution in [1.82, 2.24) is 0 Å². The van der Waals surface area contributed by atoms with Crippen molar-refractivity contribution in [2.24, 2.45) is 5.41 Å². The van der Waals surface area contributed by atoms with Gasteiger partial charge in [-0.25, -0.2) is 0 Å². The third kappa shape index (κ3) is 1.59. The van der Waals surface area contributed by atoms with Crippen molar-refractivity contribution in [3.05, 3.63) is 0 Å². The lowest BCUT2D eigenvalue weighted by atomic mass is 9.83. The van der Waals surface area contributed by atoms with Gasteiger partial charge in [-0.15, -0.1) is 0 Å². The topological polar surface area (TPSA) is 26.3 Å². The maximum absolute atomic E-state index is 11.7. The van der Waals surface area contributed by atoms with Crippen molar-refractivity contribution < 1.29 is 8.98 Å². The monoisotopic (exact) mass is 174 g/mol. The van der Waals surface area contributed by atoms with Crippen LogP contribution in [0, 0.1) is 5.41 Å². The first-order valence-electron chi connectivity index (χ1n) is 3.72. The van der Waals surface area contributed by atoms with Gasteiger partial charge in [0.1, 0.15) is 0 Å². The fourth-order valence-electron chi connectivity index (χ4n) is 1.24. The first kappa shape index (κ1) is 9.07. The van der Waals surface area contributed by atoms with Crippen molar-refractivity contribution in [2.45, 2.75) is 32.4 Å². The van der Waals surface area contributed by atoms with Crippen LogP contribution in [0.25, 0.3) is 0 Å². The lowest BCUT2D eigenvalue weighted by Crippen LogP contribution is -2.45. The third-order valence-corrected chi connectivity index (χ3v) is 2.69. The highest BCUT2D eigenvalue weighted by molar-refractivity contribution is 7.96. The summed E-state index contributed by atoms with van der Waals surface area (Å²) < 4.78 is 4.89. The molecule has 0 amide bonds. The Labute approximate surface area is 71.9 Å². The van der Waals surface area contributed by atoms with Gasteiger partial charge >= 0.3 is 0 Å². The van der Waals surface area contributed by atoms with Gasteiger partial charge in [-0.3, -0.25) is 4.79 Å². The Hall–Kier alpha value is -0.0200. The van der Waals surface area contributed by atoms with Gasteiger partial charge in [-0.1, -0.05) is 13.8 Å². The number of hydrogen-bond donors (Lipinski definition) is 0. The molecule has 0 bridgehead atoms. The highest BCUT2D eigenvalue weighted by Crippen LogP contribution is 2.39. The van der Waals surface area contributed by atoms with E-state index in [1.165, 1.54) is 12.0 Å². The third-order valence-electron chi connectivity index (χ3n) is 1.85. The molecule has 0 unspecified atom stereocenters. The molecule has 0 radical (unpaired) electrons. The summed E-state index contributed by atoms with van der Waals surface area (Å²) in [6.45, 7) is 8.19. The van der Waals surface area contributed by atoms with E-state index in [1.807, 2.05) is 27.7 Å². The number of Topliss-reactive ketones (excluding diaryl/α,β-unsaturated/α-hetero) is 1. The van der Waals surface area contributed by atoms with Gasteiger partial charge in [0.05, 0.1) is 11.4 Å². The van der Waals surface area contributed by atoms with Gasteiger partial charge in [0.25, 0.3) is 0 Å². The molecule has 1 rings (SSSR count). The van der Waals surface area contributed by atoms with Crippen LogP contribution in [0.2, 0.25) is 0 Å². The van der Waals surface area contributed by atoms with Crippen LogP contribution in [0.3, 0.4) is 0 Å². The zero-order valence-corrected chi connectivity index (χ0v) is 8.25. The number of carbonyl (C=O) groups is 1. The summed E-state index contributed by atoms with van der Waals surface area (Å²) in [4.78, 5) is 11.7. The van der Waals surface area contributed by atoms with E-state index in [0.717, 1.165) is 0 Å². The SMILES string of the molecule is CC1(C)COSC(C)(C)C1=O. The summed E-state index contributed by atoms with van der Waals surface area (Å²) in [5.41, 5.74) is -0.311. The zero-order chi connectivity index (χ0) is 8.70. The molecule has 0 atom stereocenters. The predicted octanol–water partition coefficient (Wildman–Crippen LogP) is 2.04. The van der Waals surface area contributed by atoms with Crippen LogP contribution < -0.4 is 0 Å². The van der Waals surface area contributed by atoms with Crippen LogP contribution in [-0.2, 0) is 8.98 Å². The second-order valence-corrected chi connectivity index (χ2v) is 5.49. The second-order valence-electron chi connectivity index (χ2n) is 4.07. The molecular weight excluding hydrogens is 160 g/mol. The molecule has 1 heterocycles. The van der Waals surface area contributed by atoms with Gasteiger partial charge in [0.2, 0.25) is 0 Å². The molecule has 64 valence electrons. The second kappa shape index (κ2) is 2.49. The lowest BCUT2D eigenvalue weighted by molar-refractivity contribution is -0.131. The van der Waals surface area contributed by atoms with Gasteiger partial charge in [-0.2, -0.15) is 0 Å². The summed E-state index contributed by atoms with van der Waals surface area (Å²) in [5, 5.41) is 0. The van der Waals surface area contributed by atoms with Crippen LogP contribution >= 0.6 is 12.0 Å². The highest BCUT2D eigenvalue weighted by Gasteiger charge is 2.44. The minimum Gasteiger partial charge on any atom is -0.313 e. The van der Waals surface area contributed by atoms with Crippen molar-refractivity contribution >= 4 is 17.8 Å². The molecule has 0 N–H and O–H groups in total. The minimum absolute atomic E-state index is 0.279. The molecule has 1 aliphatic rings. The molecule has 1 fully saturated rings. The van der Waals surface area contributed by atoms with E-state index in [1.54, 1.807) is 0 Å². The molecule has 0 aromatic heterocycles. The summed E-state index contributed by atoms with van der Waals surface area (Å²) >= 11 is 1.28. The first-order valence-corrected chi connectivity index (χ1v) is 4.46. The Morgan fingerprint density at radius 2 is 1.91 bits per heavy atom. The maximum atomic E-state index is 11.7. The van der Waals surface area contributed by atoms with Crippen LogP contribution in [0.15, 0.2) is 0 Å². The summed E-state index contributed by atoms with van der Waals surface area (Å²) in [6, 6.07) is 0. The van der Waals surface area contributed by atoms with Gasteiger partial charge in [0.15, 0.2) is 5.78 Å². The maximum Gasteiger partial charge on any atom is 0.158 e. The zero-order valence-electron chi connectivity index (χ0n) is 7.43. The molecule has 1 saturated heterocycles. The Bertz CT molecular complexity index is 167. The quantitative estimate of drug-likeness (QED) is 0.526. The summed E-state index contributed by atoms with van der Waals surface area (Å²) in [6.07, 6.45) is 0. The van der Waals surface area contributed by atoms with Crippen LogP contribution in [-0.4, -0.2) is 17.1 Å². The smallest absolute Gasteiger partial charge is 0.158 e. The summed E-state index contributed by atoms with van der Waals surface area (Å²) in [7, 11) is 0. The number of carbonyl (C=O) groups excluding carboxylic acids is 1. The Morgan fingerprint density at radius 1 is 1.36 bits per heavy atom. The highest BCUT2D eigenvalue weighted by atomic mass is 32.2. The van der Waals surface area contributed by atoms with E-state index in [2.05, 4.69) is 0 Å². The van der Waals surface area contributed by atoms with E-state index >= 15 is 0 Å². The van der Waals surface area contributed by atoms with Crippen molar-refractivity contribution in [3.63, 3.8) is 0 Å². The molecule has 0 aromatic carbocycles. The van der Waals surface area contributed by atoms with Crippen LogP contribution in [0.1, 0.15) is 27.7 Å². The summed E-state index contributed by atoms with van der Waals surface area (Å²) in [5.74, 6) is 0.279. The average Bonchev–Trinajstić information content (AvgIpc) is 1.82. The van der Waals surface area contributed by atoms with E-state index in [0.29, 0.717) is 6.61 Å². The molecule has 0 aromatic rings. The lowest BCUT2D eigenvalue weighted by Gasteiger charge is -2.36. The van der Waals surface area contributed by atoms with Crippen molar-refractivity contribution in [1.29, 1.82) is 0 Å². The standard InChI is InChI=1S/C8H14O2S/c1-7(2)5-10-11-8(3,4)6(7)9/h5H2,1-4H3. The predicted molar refractivity (Wildman–Crippen MR) is 46.4 cm³/mol. The van der Waals surface area contributed by atoms with Crippen LogP contribution in [0.5, 0.6) is 0 Å². The largest absolute Gasteiger partial charge is 0.313 e. The van der Waals surface area contributed by atoms with E-state index in [9.17, 15) is 4.79 Å². The molecule has 0 spiro atoms. The molecule has 1 aliphatic heterocycles. The minimum atomic E-state index is -0.373. The van der Waals surface area contributed by atoms with Gasteiger partial charge in [-0.05, 0) is 13.8 Å². The van der Waals surface area contributed by atoms with Crippen LogP contribution in [0.4, 0.5) is 0 Å². The molecule has 2 nitrogen and oxygen atoms in total. The van der Waals surface area contributed by atoms with Crippen molar-refractivity contribution in [2.75, 3.05) is 6.61 Å². The Balaban J connectivity index is 2.85. The Kier molecular flexibility index (Phi) is 2.05. The number of hydrogen-bond acceptors (Lipinski definition) is 3. The average molecular weight is 174 g/mol. The van der Waals surface area contributed by atoms with Gasteiger partial charge < -0.3 is 4.18 Å². The van der Waals surface area contributed by atoms with E-state index in [4.69, 9.17) is 4.18 Å². The molecule has 0 aliphatic carbocycles. The Morgan fingerprint density at radius 3 is 2.27 bits per heavy atom. The van der Waals surface area contributed by atoms with Crippen molar-refractivity contribution in [3.8, 4) is 0 Å². The van der Waals surface area contributed by atoms with Gasteiger partial charge in [0, 0.05) is 17.5 Å². The number of rotatable bonds is 0. The number of ketones is 1. The normalized spacial score (nSPS) is 28.5. The fraction of sp³-hybridized carbons (Fsp3) is 0.875. The molecule has 0 saturated carbocycles. The molecule has 3 heteroatoms.